The van der Waals surface area contributed by atoms with Gasteiger partial charge in [0.25, 0.3) is 5.91 Å². The Morgan fingerprint density at radius 1 is 1.32 bits per heavy atom. The van der Waals surface area contributed by atoms with Gasteiger partial charge in [-0.1, -0.05) is 20.8 Å². The second kappa shape index (κ2) is 7.15. The van der Waals surface area contributed by atoms with Crippen molar-refractivity contribution in [2.24, 2.45) is 5.41 Å². The number of esters is 1. The number of amides is 1. The maximum absolute atomic E-state index is 11.6. The molecule has 0 aliphatic rings. The molecular formula is C16H25N3O3. The number of rotatable bonds is 5. The van der Waals surface area contributed by atoms with Crippen molar-refractivity contribution < 1.29 is 14.3 Å². The molecule has 122 valence electrons. The fraction of sp³-hybridized carbons (Fsp3) is 0.500. The van der Waals surface area contributed by atoms with Crippen LogP contribution in [0.3, 0.4) is 0 Å². The summed E-state index contributed by atoms with van der Waals surface area (Å²) in [5.74, 6) is -0.479. The molecule has 0 saturated carbocycles. The van der Waals surface area contributed by atoms with Crippen LogP contribution in [0.4, 0.5) is 11.4 Å². The molecule has 1 aromatic rings. The number of ether oxygens (including phenoxy) is 1. The zero-order valence-electron chi connectivity index (χ0n) is 13.8. The topological polar surface area (TPSA) is 93.5 Å². The molecule has 0 bridgehead atoms. The van der Waals surface area contributed by atoms with Crippen LogP contribution in [0.1, 0.15) is 37.6 Å². The molecule has 0 unspecified atom stereocenters. The Kier molecular flexibility index (Phi) is 5.79. The average molecular weight is 307 g/mol. The van der Waals surface area contributed by atoms with Gasteiger partial charge in [0.1, 0.15) is 0 Å². The molecule has 1 atom stereocenters. The van der Waals surface area contributed by atoms with Crippen molar-refractivity contribution >= 4 is 23.3 Å². The first-order valence-corrected chi connectivity index (χ1v) is 7.14. The summed E-state index contributed by atoms with van der Waals surface area (Å²) >= 11 is 0. The first-order valence-electron chi connectivity index (χ1n) is 7.14. The summed E-state index contributed by atoms with van der Waals surface area (Å²) in [7, 11) is 2.94. The van der Waals surface area contributed by atoms with E-state index in [0.717, 1.165) is 0 Å². The number of methoxy groups -OCH3 is 1. The molecule has 6 heteroatoms. The Bertz CT molecular complexity index is 550. The zero-order valence-corrected chi connectivity index (χ0v) is 13.8. The molecule has 0 fully saturated rings. The monoisotopic (exact) mass is 307 g/mol. The Hall–Kier alpha value is -2.24. The summed E-state index contributed by atoms with van der Waals surface area (Å²) < 4.78 is 4.75. The van der Waals surface area contributed by atoms with E-state index in [0.29, 0.717) is 16.9 Å². The average Bonchev–Trinajstić information content (AvgIpc) is 2.46. The molecule has 1 rings (SSSR count). The third-order valence-corrected chi connectivity index (χ3v) is 3.51. The molecule has 1 aromatic carbocycles. The van der Waals surface area contributed by atoms with Gasteiger partial charge in [-0.3, -0.25) is 9.59 Å². The summed E-state index contributed by atoms with van der Waals surface area (Å²) in [4.78, 5) is 23.2. The van der Waals surface area contributed by atoms with E-state index in [1.54, 1.807) is 25.2 Å². The third kappa shape index (κ3) is 4.65. The summed E-state index contributed by atoms with van der Waals surface area (Å²) in [6.45, 7) is 6.09. The molecule has 0 radical (unpaired) electrons. The van der Waals surface area contributed by atoms with Gasteiger partial charge < -0.3 is 21.1 Å². The standard InChI is InChI=1S/C16H25N3O3/c1-16(2,3)13(9-14(20)22-5)19-12-7-6-10(8-11(12)17)15(21)18-4/h6-8,13,19H,9,17H2,1-5H3,(H,18,21)/t13-/m0/s1. The van der Waals surface area contributed by atoms with Gasteiger partial charge in [0.2, 0.25) is 0 Å². The van der Waals surface area contributed by atoms with Gasteiger partial charge in [0.15, 0.2) is 0 Å². The fourth-order valence-corrected chi connectivity index (χ4v) is 1.99. The van der Waals surface area contributed by atoms with Crippen LogP contribution in [0.15, 0.2) is 18.2 Å². The van der Waals surface area contributed by atoms with Gasteiger partial charge in [-0.2, -0.15) is 0 Å². The van der Waals surface area contributed by atoms with Crippen molar-refractivity contribution in [2.45, 2.75) is 33.2 Å². The predicted octanol–water partition coefficient (Wildman–Crippen LogP) is 2.02. The van der Waals surface area contributed by atoms with Crippen LogP contribution in [0.2, 0.25) is 0 Å². The van der Waals surface area contributed by atoms with Crippen LogP contribution in [0.5, 0.6) is 0 Å². The van der Waals surface area contributed by atoms with Crippen molar-refractivity contribution in [3.8, 4) is 0 Å². The number of carbonyl (C=O) groups is 2. The van der Waals surface area contributed by atoms with Gasteiger partial charge in [-0.15, -0.1) is 0 Å². The Morgan fingerprint density at radius 2 is 1.95 bits per heavy atom. The number of nitrogens with one attached hydrogen (secondary N) is 2. The van der Waals surface area contributed by atoms with E-state index in [1.165, 1.54) is 7.11 Å². The number of hydrogen-bond acceptors (Lipinski definition) is 5. The summed E-state index contributed by atoms with van der Waals surface area (Å²) in [5, 5.41) is 5.83. The molecule has 0 spiro atoms. The van der Waals surface area contributed by atoms with Crippen molar-refractivity contribution in [3.63, 3.8) is 0 Å². The van der Waals surface area contributed by atoms with Crippen LogP contribution in [0.25, 0.3) is 0 Å². The van der Waals surface area contributed by atoms with Crippen LogP contribution in [-0.4, -0.2) is 32.1 Å². The van der Waals surface area contributed by atoms with Crippen molar-refractivity contribution in [1.82, 2.24) is 5.32 Å². The maximum atomic E-state index is 11.6. The number of carbonyl (C=O) groups excluding carboxylic acids is 2. The lowest BCUT2D eigenvalue weighted by Gasteiger charge is -2.32. The second-order valence-electron chi connectivity index (χ2n) is 6.22. The largest absolute Gasteiger partial charge is 0.469 e. The molecule has 0 saturated heterocycles. The lowest BCUT2D eigenvalue weighted by molar-refractivity contribution is -0.141. The summed E-state index contributed by atoms with van der Waals surface area (Å²) in [6.07, 6.45) is 0.233. The molecule has 0 aliphatic heterocycles. The van der Waals surface area contributed by atoms with Crippen molar-refractivity contribution in [3.05, 3.63) is 23.8 Å². The Balaban J connectivity index is 2.98. The van der Waals surface area contributed by atoms with Gasteiger partial charge in [-0.05, 0) is 23.6 Å². The van der Waals surface area contributed by atoms with E-state index in [2.05, 4.69) is 10.6 Å². The molecule has 1 amide bonds. The molecule has 6 nitrogen and oxygen atoms in total. The van der Waals surface area contributed by atoms with E-state index < -0.39 is 0 Å². The van der Waals surface area contributed by atoms with Gasteiger partial charge in [0, 0.05) is 18.7 Å². The first kappa shape index (κ1) is 17.8. The van der Waals surface area contributed by atoms with Crippen molar-refractivity contribution in [2.75, 3.05) is 25.2 Å². The zero-order chi connectivity index (χ0) is 16.9. The summed E-state index contributed by atoms with van der Waals surface area (Å²) in [6, 6.07) is 4.90. The van der Waals surface area contributed by atoms with E-state index in [-0.39, 0.29) is 29.8 Å². The highest BCUT2D eigenvalue weighted by molar-refractivity contribution is 5.96. The van der Waals surface area contributed by atoms with Gasteiger partial charge in [0.05, 0.1) is 24.9 Å². The van der Waals surface area contributed by atoms with E-state index in [1.807, 2.05) is 20.8 Å². The van der Waals surface area contributed by atoms with Crippen LogP contribution >= 0.6 is 0 Å². The minimum absolute atomic E-state index is 0.145. The van der Waals surface area contributed by atoms with E-state index in [4.69, 9.17) is 10.5 Å². The fourth-order valence-electron chi connectivity index (χ4n) is 1.99. The predicted molar refractivity (Wildman–Crippen MR) is 87.7 cm³/mol. The highest BCUT2D eigenvalue weighted by Crippen LogP contribution is 2.29. The maximum Gasteiger partial charge on any atom is 0.307 e. The Morgan fingerprint density at radius 3 is 2.41 bits per heavy atom. The van der Waals surface area contributed by atoms with E-state index >= 15 is 0 Å². The van der Waals surface area contributed by atoms with Crippen LogP contribution in [-0.2, 0) is 9.53 Å². The number of nitrogen functional groups attached to an aromatic ring is 1. The van der Waals surface area contributed by atoms with Crippen LogP contribution < -0.4 is 16.4 Å². The Labute approximate surface area is 131 Å². The SMILES string of the molecule is CNC(=O)c1ccc(N[C@@H](CC(=O)OC)C(C)(C)C)c(N)c1. The molecular weight excluding hydrogens is 282 g/mol. The van der Waals surface area contributed by atoms with Gasteiger partial charge >= 0.3 is 5.97 Å². The van der Waals surface area contributed by atoms with Crippen LogP contribution in [0, 0.1) is 5.41 Å². The molecule has 22 heavy (non-hydrogen) atoms. The number of anilines is 2. The highest BCUT2D eigenvalue weighted by Gasteiger charge is 2.28. The number of hydrogen-bond donors (Lipinski definition) is 3. The molecule has 0 aromatic heterocycles. The summed E-state index contributed by atoms with van der Waals surface area (Å²) in [5.41, 5.74) is 7.48. The lowest BCUT2D eigenvalue weighted by Crippen LogP contribution is -2.36. The van der Waals surface area contributed by atoms with Crippen molar-refractivity contribution in [1.29, 1.82) is 0 Å². The molecule has 4 N–H and O–H groups in total. The number of benzene rings is 1. The molecule has 0 heterocycles. The number of nitrogens with two attached hydrogens (primary N) is 1. The third-order valence-electron chi connectivity index (χ3n) is 3.51. The lowest BCUT2D eigenvalue weighted by atomic mass is 9.84. The quantitative estimate of drug-likeness (QED) is 0.571. The normalized spacial score (nSPS) is 12.4. The minimum Gasteiger partial charge on any atom is -0.469 e. The minimum atomic E-state index is -0.284. The highest BCUT2D eigenvalue weighted by atomic mass is 16.5. The second-order valence-corrected chi connectivity index (χ2v) is 6.22. The first-order chi connectivity index (χ1) is 10.2. The molecule has 0 aliphatic carbocycles. The van der Waals surface area contributed by atoms with Gasteiger partial charge in [-0.25, -0.2) is 0 Å². The van der Waals surface area contributed by atoms with E-state index in [9.17, 15) is 9.59 Å². The smallest absolute Gasteiger partial charge is 0.307 e.